The summed E-state index contributed by atoms with van der Waals surface area (Å²) < 4.78 is 20.5. The average molecular weight is 360 g/mol. The number of aromatic nitrogens is 2. The highest BCUT2D eigenvalue weighted by atomic mass is 35.5. The number of nitrogens with one attached hydrogen (secondary N) is 1. The molecule has 0 aliphatic heterocycles. The summed E-state index contributed by atoms with van der Waals surface area (Å²) >= 11 is 6.10. The van der Waals surface area contributed by atoms with Crippen LogP contribution in [0.2, 0.25) is 5.02 Å². The van der Waals surface area contributed by atoms with Crippen LogP contribution >= 0.6 is 11.6 Å². The third kappa shape index (κ3) is 3.80. The zero-order valence-corrected chi connectivity index (χ0v) is 14.1. The first-order valence-corrected chi connectivity index (χ1v) is 8.00. The second kappa shape index (κ2) is 7.36. The van der Waals surface area contributed by atoms with Gasteiger partial charge in [-0.25, -0.2) is 9.07 Å². The molecule has 2 aromatic carbocycles. The number of anilines is 1. The molecule has 1 heterocycles. The minimum atomic E-state index is -0.421. The largest absolute Gasteiger partial charge is 0.492 e. The molecule has 1 aromatic heterocycles. The standard InChI is InChI=1S/C18H15ClFN3O2/c1-2-25-17-8-7-12(11-13(17)19)21-18(24)15-9-10-23(22-15)16-6-4-3-5-14(16)20/h3-11H,2H2,1H3,(H,21,24). The maximum Gasteiger partial charge on any atom is 0.276 e. The predicted octanol–water partition coefficient (Wildman–Crippen LogP) is 4.32. The SMILES string of the molecule is CCOc1ccc(NC(=O)c2ccn(-c3ccccc3F)n2)cc1Cl. The van der Waals surface area contributed by atoms with Crippen molar-refractivity contribution in [2.75, 3.05) is 11.9 Å². The van der Waals surface area contributed by atoms with Gasteiger partial charge in [-0.2, -0.15) is 5.10 Å². The monoisotopic (exact) mass is 359 g/mol. The Morgan fingerprint density at radius 2 is 2.08 bits per heavy atom. The van der Waals surface area contributed by atoms with Gasteiger partial charge >= 0.3 is 0 Å². The topological polar surface area (TPSA) is 56.1 Å². The van der Waals surface area contributed by atoms with Crippen LogP contribution in [0.5, 0.6) is 5.75 Å². The second-order valence-electron chi connectivity index (χ2n) is 5.13. The van der Waals surface area contributed by atoms with E-state index >= 15 is 0 Å². The van der Waals surface area contributed by atoms with E-state index in [0.717, 1.165) is 0 Å². The Hall–Kier alpha value is -2.86. The summed E-state index contributed by atoms with van der Waals surface area (Å²) in [6.07, 6.45) is 1.53. The zero-order chi connectivity index (χ0) is 17.8. The van der Waals surface area contributed by atoms with Crippen molar-refractivity contribution in [2.24, 2.45) is 0 Å². The van der Waals surface area contributed by atoms with Gasteiger partial charge < -0.3 is 10.1 Å². The number of halogens is 2. The Morgan fingerprint density at radius 1 is 1.28 bits per heavy atom. The van der Waals surface area contributed by atoms with Gasteiger partial charge in [0.1, 0.15) is 17.3 Å². The fraction of sp³-hybridized carbons (Fsp3) is 0.111. The van der Waals surface area contributed by atoms with Crippen molar-refractivity contribution in [3.63, 3.8) is 0 Å². The maximum atomic E-state index is 13.8. The van der Waals surface area contributed by atoms with Gasteiger partial charge in [-0.1, -0.05) is 23.7 Å². The minimum Gasteiger partial charge on any atom is -0.492 e. The molecule has 5 nitrogen and oxygen atoms in total. The minimum absolute atomic E-state index is 0.160. The predicted molar refractivity (Wildman–Crippen MR) is 94.1 cm³/mol. The lowest BCUT2D eigenvalue weighted by molar-refractivity contribution is 0.102. The molecule has 0 radical (unpaired) electrons. The van der Waals surface area contributed by atoms with Crippen LogP contribution in [0.15, 0.2) is 54.7 Å². The Balaban J connectivity index is 1.76. The summed E-state index contributed by atoms with van der Waals surface area (Å²) in [5, 5.41) is 7.21. The number of para-hydroxylation sites is 1. The van der Waals surface area contributed by atoms with Gasteiger partial charge in [0.05, 0.1) is 11.6 Å². The number of ether oxygens (including phenoxy) is 1. The molecule has 3 aromatic rings. The summed E-state index contributed by atoms with van der Waals surface area (Å²) in [5.74, 6) is -0.294. The molecule has 0 spiro atoms. The van der Waals surface area contributed by atoms with E-state index in [4.69, 9.17) is 16.3 Å². The van der Waals surface area contributed by atoms with Crippen LogP contribution in [0, 0.1) is 5.82 Å². The van der Waals surface area contributed by atoms with Crippen molar-refractivity contribution >= 4 is 23.2 Å². The lowest BCUT2D eigenvalue weighted by Crippen LogP contribution is -2.13. The fourth-order valence-corrected chi connectivity index (χ4v) is 2.50. The van der Waals surface area contributed by atoms with Gasteiger partial charge in [0.2, 0.25) is 0 Å². The first kappa shape index (κ1) is 17.0. The van der Waals surface area contributed by atoms with Crippen molar-refractivity contribution in [3.05, 3.63) is 71.3 Å². The van der Waals surface area contributed by atoms with E-state index in [2.05, 4.69) is 10.4 Å². The Bertz CT molecular complexity index is 911. The molecular formula is C18H15ClFN3O2. The highest BCUT2D eigenvalue weighted by Crippen LogP contribution is 2.27. The summed E-state index contributed by atoms with van der Waals surface area (Å²) in [7, 11) is 0. The highest BCUT2D eigenvalue weighted by Gasteiger charge is 2.13. The Morgan fingerprint density at radius 3 is 2.80 bits per heavy atom. The molecule has 25 heavy (non-hydrogen) atoms. The van der Waals surface area contributed by atoms with Crippen LogP contribution in [-0.4, -0.2) is 22.3 Å². The van der Waals surface area contributed by atoms with E-state index in [9.17, 15) is 9.18 Å². The van der Waals surface area contributed by atoms with Crippen molar-refractivity contribution in [1.82, 2.24) is 9.78 Å². The maximum absolute atomic E-state index is 13.8. The van der Waals surface area contributed by atoms with Crippen LogP contribution in [0.1, 0.15) is 17.4 Å². The molecule has 1 amide bonds. The van der Waals surface area contributed by atoms with Crippen LogP contribution < -0.4 is 10.1 Å². The van der Waals surface area contributed by atoms with E-state index in [1.807, 2.05) is 6.92 Å². The molecule has 1 N–H and O–H groups in total. The van der Waals surface area contributed by atoms with Gasteiger partial charge in [-0.15, -0.1) is 0 Å². The van der Waals surface area contributed by atoms with Crippen LogP contribution in [0.25, 0.3) is 5.69 Å². The molecule has 0 aliphatic rings. The van der Waals surface area contributed by atoms with Crippen molar-refractivity contribution in [1.29, 1.82) is 0 Å². The normalized spacial score (nSPS) is 10.5. The van der Waals surface area contributed by atoms with E-state index in [0.29, 0.717) is 23.1 Å². The van der Waals surface area contributed by atoms with Crippen molar-refractivity contribution in [2.45, 2.75) is 6.92 Å². The van der Waals surface area contributed by atoms with Gasteiger partial charge in [0.15, 0.2) is 5.69 Å². The first-order chi connectivity index (χ1) is 12.1. The number of carbonyl (C=O) groups is 1. The van der Waals surface area contributed by atoms with E-state index < -0.39 is 11.7 Å². The van der Waals surface area contributed by atoms with E-state index in [1.54, 1.807) is 36.4 Å². The highest BCUT2D eigenvalue weighted by molar-refractivity contribution is 6.32. The molecular weight excluding hydrogens is 345 g/mol. The average Bonchev–Trinajstić information content (AvgIpc) is 3.08. The Labute approximate surface area is 149 Å². The molecule has 0 bridgehead atoms. The smallest absolute Gasteiger partial charge is 0.276 e. The quantitative estimate of drug-likeness (QED) is 0.738. The molecule has 0 aliphatic carbocycles. The molecule has 0 unspecified atom stereocenters. The number of rotatable bonds is 5. The van der Waals surface area contributed by atoms with Crippen molar-refractivity contribution in [3.8, 4) is 11.4 Å². The van der Waals surface area contributed by atoms with Crippen molar-refractivity contribution < 1.29 is 13.9 Å². The lowest BCUT2D eigenvalue weighted by atomic mass is 10.3. The number of carbonyl (C=O) groups excluding carboxylic acids is 1. The third-order valence-corrected chi connectivity index (χ3v) is 3.71. The van der Waals surface area contributed by atoms with Gasteiger partial charge in [-0.3, -0.25) is 4.79 Å². The fourth-order valence-electron chi connectivity index (χ4n) is 2.26. The second-order valence-corrected chi connectivity index (χ2v) is 5.54. The van der Waals surface area contributed by atoms with E-state index in [-0.39, 0.29) is 11.4 Å². The summed E-state index contributed by atoms with van der Waals surface area (Å²) in [4.78, 5) is 12.3. The number of hydrogen-bond donors (Lipinski definition) is 1. The zero-order valence-electron chi connectivity index (χ0n) is 13.4. The van der Waals surface area contributed by atoms with E-state index in [1.165, 1.54) is 23.0 Å². The number of hydrogen-bond acceptors (Lipinski definition) is 3. The molecule has 0 saturated carbocycles. The number of nitrogens with zero attached hydrogens (tertiary/aromatic N) is 2. The summed E-state index contributed by atoms with van der Waals surface area (Å²) in [6, 6.07) is 12.7. The molecule has 128 valence electrons. The van der Waals surface area contributed by atoms with Gasteiger partial charge in [0, 0.05) is 11.9 Å². The molecule has 7 heteroatoms. The van der Waals surface area contributed by atoms with Crippen LogP contribution in [0.4, 0.5) is 10.1 Å². The summed E-state index contributed by atoms with van der Waals surface area (Å²) in [6.45, 7) is 2.36. The summed E-state index contributed by atoms with van der Waals surface area (Å²) in [5.41, 5.74) is 0.942. The number of benzene rings is 2. The van der Waals surface area contributed by atoms with Crippen LogP contribution in [0.3, 0.4) is 0 Å². The van der Waals surface area contributed by atoms with Gasteiger partial charge in [-0.05, 0) is 43.3 Å². The van der Waals surface area contributed by atoms with Crippen LogP contribution in [-0.2, 0) is 0 Å². The number of amides is 1. The molecule has 0 atom stereocenters. The first-order valence-electron chi connectivity index (χ1n) is 7.62. The molecule has 3 rings (SSSR count). The molecule has 0 fully saturated rings. The Kier molecular flexibility index (Phi) is 5.00. The third-order valence-electron chi connectivity index (χ3n) is 3.41. The lowest BCUT2D eigenvalue weighted by Gasteiger charge is -2.08. The molecule has 0 saturated heterocycles. The van der Waals surface area contributed by atoms with Gasteiger partial charge in [0.25, 0.3) is 5.91 Å².